The highest BCUT2D eigenvalue weighted by atomic mass is 16.1. The molecule has 0 bridgehead atoms. The van der Waals surface area contributed by atoms with Crippen LogP contribution >= 0.6 is 0 Å². The Labute approximate surface area is 79.0 Å². The Balaban J connectivity index is 2.90. The summed E-state index contributed by atoms with van der Waals surface area (Å²) in [6.45, 7) is 0. The van der Waals surface area contributed by atoms with Gasteiger partial charge in [0.2, 0.25) is 0 Å². The second-order valence-electron chi connectivity index (χ2n) is 2.81. The van der Waals surface area contributed by atoms with Gasteiger partial charge in [-0.25, -0.2) is 0 Å². The van der Waals surface area contributed by atoms with Crippen LogP contribution in [0.5, 0.6) is 0 Å². The fourth-order valence-electron chi connectivity index (χ4n) is 1.23. The van der Waals surface area contributed by atoms with Crippen LogP contribution in [0.15, 0.2) is 29.2 Å². The molecule has 0 radical (unpaired) electrons. The molecule has 0 aliphatic carbocycles. The van der Waals surface area contributed by atoms with Crippen LogP contribution < -0.4 is 11.4 Å². The zero-order chi connectivity index (χ0) is 10.1. The van der Waals surface area contributed by atoms with E-state index in [2.05, 4.69) is 5.10 Å². The molecule has 0 spiro atoms. The van der Waals surface area contributed by atoms with E-state index in [4.69, 9.17) is 11.1 Å². The van der Waals surface area contributed by atoms with Crippen molar-refractivity contribution in [2.75, 3.05) is 5.84 Å². The first kappa shape index (κ1) is 8.26. The lowest BCUT2D eigenvalue weighted by molar-refractivity contribution is 0.776. The topological polar surface area (TPSA) is 84.7 Å². The summed E-state index contributed by atoms with van der Waals surface area (Å²) in [5, 5.41) is 13.4. The van der Waals surface area contributed by atoms with Crippen molar-refractivity contribution in [3.05, 3.63) is 40.3 Å². The molecule has 2 aromatic rings. The van der Waals surface area contributed by atoms with Crippen molar-refractivity contribution in [2.24, 2.45) is 0 Å². The number of nitriles is 1. The first-order valence-electron chi connectivity index (χ1n) is 3.89. The largest absolute Gasteiger partial charge is 0.320 e. The number of fused-ring (bicyclic) bond motifs is 1. The number of nitrogens with two attached hydrogens (primary N) is 1. The Kier molecular flexibility index (Phi) is 1.68. The van der Waals surface area contributed by atoms with Crippen LogP contribution in [-0.2, 0) is 0 Å². The van der Waals surface area contributed by atoms with E-state index in [-0.39, 0.29) is 5.56 Å². The molecule has 14 heavy (non-hydrogen) atoms. The van der Waals surface area contributed by atoms with Gasteiger partial charge in [-0.2, -0.15) is 10.4 Å². The predicted octanol–water partition coefficient (Wildman–Crippen LogP) is -0.0180. The Bertz CT molecular complexity index is 594. The zero-order valence-electron chi connectivity index (χ0n) is 7.14. The van der Waals surface area contributed by atoms with Gasteiger partial charge in [0, 0.05) is 5.39 Å². The minimum absolute atomic E-state index is 0.369. The van der Waals surface area contributed by atoms with E-state index in [9.17, 15) is 4.79 Å². The molecule has 0 saturated carbocycles. The predicted molar refractivity (Wildman–Crippen MR) is 50.9 cm³/mol. The summed E-state index contributed by atoms with van der Waals surface area (Å²) in [6, 6.07) is 6.73. The molecule has 0 fully saturated rings. The van der Waals surface area contributed by atoms with Gasteiger partial charge in [0.1, 0.15) is 0 Å². The van der Waals surface area contributed by atoms with Gasteiger partial charge >= 0.3 is 0 Å². The highest BCUT2D eigenvalue weighted by Crippen LogP contribution is 2.09. The van der Waals surface area contributed by atoms with E-state index >= 15 is 0 Å². The van der Waals surface area contributed by atoms with Gasteiger partial charge in [-0.3, -0.25) is 4.79 Å². The molecule has 1 heterocycles. The lowest BCUT2D eigenvalue weighted by Gasteiger charge is -1.99. The molecule has 0 atom stereocenters. The molecule has 0 saturated heterocycles. The van der Waals surface area contributed by atoms with Crippen molar-refractivity contribution in [3.63, 3.8) is 0 Å². The van der Waals surface area contributed by atoms with E-state index in [1.165, 1.54) is 6.20 Å². The van der Waals surface area contributed by atoms with Gasteiger partial charge in [-0.1, -0.05) is 0 Å². The van der Waals surface area contributed by atoms with E-state index in [0.29, 0.717) is 16.3 Å². The summed E-state index contributed by atoms with van der Waals surface area (Å²) in [7, 11) is 0. The summed E-state index contributed by atoms with van der Waals surface area (Å²) >= 11 is 0. The van der Waals surface area contributed by atoms with Gasteiger partial charge in [0.15, 0.2) is 0 Å². The second kappa shape index (κ2) is 2.85. The van der Waals surface area contributed by atoms with Gasteiger partial charge < -0.3 is 5.84 Å². The zero-order valence-corrected chi connectivity index (χ0v) is 7.14. The third-order valence-corrected chi connectivity index (χ3v) is 1.94. The van der Waals surface area contributed by atoms with Crippen LogP contribution in [0.4, 0.5) is 0 Å². The first-order valence-corrected chi connectivity index (χ1v) is 3.89. The fraction of sp³-hybridized carbons (Fsp3) is 0. The van der Waals surface area contributed by atoms with E-state index in [0.717, 1.165) is 4.79 Å². The summed E-state index contributed by atoms with van der Waals surface area (Å²) in [5.41, 5.74) is 0.125. The van der Waals surface area contributed by atoms with Crippen LogP contribution in [0.25, 0.3) is 10.8 Å². The molecular weight excluding hydrogens is 180 g/mol. The minimum Gasteiger partial charge on any atom is -0.320 e. The molecule has 0 amide bonds. The average Bonchev–Trinajstić information content (AvgIpc) is 2.23. The third kappa shape index (κ3) is 1.10. The molecule has 0 unspecified atom stereocenters. The molecule has 68 valence electrons. The average molecular weight is 186 g/mol. The lowest BCUT2D eigenvalue weighted by Crippen LogP contribution is -2.29. The van der Waals surface area contributed by atoms with Crippen LogP contribution in [0.3, 0.4) is 0 Å². The van der Waals surface area contributed by atoms with Crippen LogP contribution in [-0.4, -0.2) is 9.89 Å². The van der Waals surface area contributed by atoms with E-state index < -0.39 is 0 Å². The maximum Gasteiger partial charge on any atom is 0.293 e. The molecule has 1 aromatic heterocycles. The van der Waals surface area contributed by atoms with Crippen molar-refractivity contribution < 1.29 is 0 Å². The quantitative estimate of drug-likeness (QED) is 0.586. The van der Waals surface area contributed by atoms with E-state index in [1.807, 2.05) is 6.07 Å². The summed E-state index contributed by atoms with van der Waals surface area (Å²) in [6.07, 6.45) is 1.46. The van der Waals surface area contributed by atoms with Gasteiger partial charge in [-0.15, -0.1) is 4.79 Å². The number of nitrogens with zero attached hydrogens (tertiary/aromatic N) is 3. The number of nitrogen functional groups attached to an aromatic ring is 1. The monoisotopic (exact) mass is 186 g/mol. The lowest BCUT2D eigenvalue weighted by atomic mass is 10.1. The van der Waals surface area contributed by atoms with Crippen LogP contribution in [0.1, 0.15) is 5.56 Å². The molecule has 5 heteroatoms. The highest BCUT2D eigenvalue weighted by Gasteiger charge is 2.01. The second-order valence-corrected chi connectivity index (χ2v) is 2.81. The molecule has 2 rings (SSSR count). The molecule has 0 aliphatic heterocycles. The number of aromatic nitrogens is 2. The molecule has 2 N–H and O–H groups in total. The Morgan fingerprint density at radius 3 is 3.00 bits per heavy atom. The van der Waals surface area contributed by atoms with Crippen molar-refractivity contribution in [1.82, 2.24) is 9.89 Å². The fourth-order valence-corrected chi connectivity index (χ4v) is 1.23. The molecule has 5 nitrogen and oxygen atoms in total. The Morgan fingerprint density at radius 1 is 1.50 bits per heavy atom. The van der Waals surface area contributed by atoms with Crippen molar-refractivity contribution in [3.8, 4) is 6.07 Å². The standard InChI is InChI=1S/C9H6N4O/c10-4-6-1-2-8-7(3-6)5-12-13(11)9(8)14/h1-3,5H,11H2. The normalized spacial score (nSPS) is 9.93. The number of benzene rings is 1. The summed E-state index contributed by atoms with van der Waals surface area (Å²) < 4.78 is 0. The maximum absolute atomic E-state index is 11.4. The van der Waals surface area contributed by atoms with Crippen molar-refractivity contribution in [2.45, 2.75) is 0 Å². The number of hydrogen-bond donors (Lipinski definition) is 1. The van der Waals surface area contributed by atoms with Gasteiger partial charge in [0.05, 0.1) is 23.2 Å². The van der Waals surface area contributed by atoms with Crippen molar-refractivity contribution in [1.29, 1.82) is 5.26 Å². The SMILES string of the molecule is N#Cc1ccc2c(=O)n(N)ncc2c1. The van der Waals surface area contributed by atoms with Gasteiger partial charge in [0.25, 0.3) is 5.56 Å². The molecule has 1 aromatic carbocycles. The Hall–Kier alpha value is -2.35. The molecule has 0 aliphatic rings. The molecular formula is C9H6N4O. The Morgan fingerprint density at radius 2 is 2.29 bits per heavy atom. The van der Waals surface area contributed by atoms with Crippen molar-refractivity contribution >= 4 is 10.8 Å². The maximum atomic E-state index is 11.4. The smallest absolute Gasteiger partial charge is 0.293 e. The number of hydrogen-bond acceptors (Lipinski definition) is 4. The number of rotatable bonds is 0. The van der Waals surface area contributed by atoms with Crippen LogP contribution in [0.2, 0.25) is 0 Å². The third-order valence-electron chi connectivity index (χ3n) is 1.94. The minimum atomic E-state index is -0.369. The van der Waals surface area contributed by atoms with Gasteiger partial charge in [-0.05, 0) is 18.2 Å². The summed E-state index contributed by atoms with van der Waals surface area (Å²) in [4.78, 5) is 12.2. The first-order chi connectivity index (χ1) is 6.72. The summed E-state index contributed by atoms with van der Waals surface area (Å²) in [5.74, 6) is 5.28. The highest BCUT2D eigenvalue weighted by molar-refractivity contribution is 5.81. The van der Waals surface area contributed by atoms with E-state index in [1.54, 1.807) is 18.2 Å². The van der Waals surface area contributed by atoms with Crippen LogP contribution in [0, 0.1) is 11.3 Å².